The first-order chi connectivity index (χ1) is 16.8. The standard InChI is InChI=1S/C24H21F4N5O2S/c1-23(2,22(30)33-20(29)13-3-5-16(25)6-4-13)12-32-21(35)15-9-14(10-31-11-15)17-7-8-18(36-17)19(34)24(26,27)28/h3-11H,12H2,1-2H3,(H,32,35)(H3,29,30,33). The molecule has 0 unspecified atom stereocenters. The number of nitrogens with one attached hydrogen (secondary N) is 2. The fraction of sp³-hybridized carbons (Fsp3) is 0.208. The molecule has 0 fully saturated rings. The van der Waals surface area contributed by atoms with Crippen molar-refractivity contribution in [2.75, 3.05) is 6.54 Å². The molecule has 0 aliphatic carbocycles. The lowest BCUT2D eigenvalue weighted by Gasteiger charge is -2.24. The molecule has 4 N–H and O–H groups in total. The van der Waals surface area contributed by atoms with Crippen LogP contribution in [-0.2, 0) is 0 Å². The van der Waals surface area contributed by atoms with E-state index in [2.05, 4.69) is 15.3 Å². The van der Waals surface area contributed by atoms with Gasteiger partial charge >= 0.3 is 6.18 Å². The highest BCUT2D eigenvalue weighted by Gasteiger charge is 2.40. The summed E-state index contributed by atoms with van der Waals surface area (Å²) in [6.45, 7) is 3.47. The van der Waals surface area contributed by atoms with Crippen LogP contribution < -0.4 is 11.1 Å². The molecule has 188 valence electrons. The van der Waals surface area contributed by atoms with Crippen molar-refractivity contribution in [2.45, 2.75) is 20.0 Å². The maximum absolute atomic E-state index is 13.1. The van der Waals surface area contributed by atoms with Gasteiger partial charge in [0.05, 0.1) is 10.4 Å². The van der Waals surface area contributed by atoms with Gasteiger partial charge in [0, 0.05) is 40.4 Å². The van der Waals surface area contributed by atoms with E-state index in [1.807, 2.05) is 0 Å². The molecule has 3 rings (SSSR count). The van der Waals surface area contributed by atoms with Gasteiger partial charge in [-0.15, -0.1) is 11.3 Å². The Hall–Kier alpha value is -3.93. The fourth-order valence-electron chi connectivity index (χ4n) is 2.89. The first kappa shape index (κ1) is 26.7. The number of Topliss-reactive ketones (excluding diaryl/α,β-unsaturated/α-hetero) is 1. The summed E-state index contributed by atoms with van der Waals surface area (Å²) >= 11 is 0.653. The van der Waals surface area contributed by atoms with E-state index >= 15 is 0 Å². The van der Waals surface area contributed by atoms with Crippen molar-refractivity contribution in [1.82, 2.24) is 10.3 Å². The van der Waals surface area contributed by atoms with Crippen LogP contribution in [0.3, 0.4) is 0 Å². The molecule has 1 aromatic carbocycles. The normalized spacial score (nSPS) is 12.3. The number of thiophene rings is 1. The third-order valence-electron chi connectivity index (χ3n) is 5.11. The summed E-state index contributed by atoms with van der Waals surface area (Å²) in [6.07, 6.45) is -2.31. The molecular weight excluding hydrogens is 498 g/mol. The molecule has 0 saturated carbocycles. The number of rotatable bonds is 7. The van der Waals surface area contributed by atoms with Gasteiger partial charge in [0.1, 0.15) is 11.7 Å². The molecule has 2 aromatic heterocycles. The van der Waals surface area contributed by atoms with E-state index in [1.54, 1.807) is 13.8 Å². The summed E-state index contributed by atoms with van der Waals surface area (Å²) in [4.78, 5) is 32.1. The number of nitrogens with two attached hydrogens (primary N) is 1. The number of hydrogen-bond acceptors (Lipinski definition) is 5. The van der Waals surface area contributed by atoms with Gasteiger partial charge in [-0.25, -0.2) is 9.38 Å². The lowest BCUT2D eigenvalue weighted by atomic mass is 9.91. The summed E-state index contributed by atoms with van der Waals surface area (Å²) < 4.78 is 51.1. The molecule has 2 heterocycles. The highest BCUT2D eigenvalue weighted by molar-refractivity contribution is 7.17. The Morgan fingerprint density at radius 3 is 2.39 bits per heavy atom. The summed E-state index contributed by atoms with van der Waals surface area (Å²) in [6, 6.07) is 9.10. The Kier molecular flexibility index (Phi) is 7.68. The zero-order valence-corrected chi connectivity index (χ0v) is 19.9. The molecule has 1 amide bonds. The number of pyridine rings is 1. The molecule has 0 bridgehead atoms. The number of halogens is 4. The average molecular weight is 520 g/mol. The quantitative estimate of drug-likeness (QED) is 0.179. The molecule has 0 saturated heterocycles. The second kappa shape index (κ2) is 10.4. The Morgan fingerprint density at radius 1 is 1.08 bits per heavy atom. The van der Waals surface area contributed by atoms with Crippen molar-refractivity contribution in [3.05, 3.63) is 76.7 Å². The number of amides is 1. The summed E-state index contributed by atoms with van der Waals surface area (Å²) in [5.41, 5.74) is 6.11. The number of nitrogens with zero attached hydrogens (tertiary/aromatic N) is 2. The van der Waals surface area contributed by atoms with E-state index in [9.17, 15) is 27.2 Å². The fourth-order valence-corrected chi connectivity index (χ4v) is 3.84. The zero-order valence-electron chi connectivity index (χ0n) is 19.1. The van der Waals surface area contributed by atoms with Crippen molar-refractivity contribution in [2.24, 2.45) is 16.1 Å². The van der Waals surface area contributed by atoms with E-state index in [0.29, 0.717) is 27.3 Å². The summed E-state index contributed by atoms with van der Waals surface area (Å²) in [5, 5.41) is 10.8. The van der Waals surface area contributed by atoms with Gasteiger partial charge in [-0.3, -0.25) is 20.0 Å². The van der Waals surface area contributed by atoms with Crippen LogP contribution in [0.5, 0.6) is 0 Å². The molecule has 12 heteroatoms. The number of carbonyl (C=O) groups is 2. The van der Waals surface area contributed by atoms with E-state index in [4.69, 9.17) is 11.1 Å². The van der Waals surface area contributed by atoms with Gasteiger partial charge in [0.2, 0.25) is 0 Å². The molecule has 36 heavy (non-hydrogen) atoms. The minimum atomic E-state index is -4.97. The number of carbonyl (C=O) groups excluding carboxylic acids is 2. The Bertz CT molecular complexity index is 1330. The number of amidine groups is 2. The van der Waals surface area contributed by atoms with Crippen molar-refractivity contribution in [3.63, 3.8) is 0 Å². The second-order valence-corrected chi connectivity index (χ2v) is 9.46. The molecule has 0 aliphatic heterocycles. The summed E-state index contributed by atoms with van der Waals surface area (Å²) in [7, 11) is 0. The lowest BCUT2D eigenvalue weighted by molar-refractivity contribution is -0.0882. The van der Waals surface area contributed by atoms with Gasteiger partial charge in [-0.2, -0.15) is 13.2 Å². The number of aliphatic imine (C=N–C) groups is 1. The number of ketones is 1. The first-order valence-corrected chi connectivity index (χ1v) is 11.2. The number of alkyl halides is 3. The smallest absolute Gasteiger partial charge is 0.387 e. The largest absolute Gasteiger partial charge is 0.455 e. The number of hydrogen-bond donors (Lipinski definition) is 3. The van der Waals surface area contributed by atoms with Gasteiger partial charge in [-0.1, -0.05) is 13.8 Å². The van der Waals surface area contributed by atoms with Crippen LogP contribution in [0, 0.1) is 16.6 Å². The van der Waals surface area contributed by atoms with Crippen LogP contribution in [0.15, 0.2) is 59.9 Å². The van der Waals surface area contributed by atoms with Crippen LogP contribution in [0.4, 0.5) is 17.6 Å². The van der Waals surface area contributed by atoms with Crippen LogP contribution in [0.25, 0.3) is 10.4 Å². The van der Waals surface area contributed by atoms with Crippen LogP contribution in [-0.4, -0.2) is 41.1 Å². The first-order valence-electron chi connectivity index (χ1n) is 10.4. The Morgan fingerprint density at radius 2 is 1.75 bits per heavy atom. The maximum Gasteiger partial charge on any atom is 0.455 e. The predicted molar refractivity (Wildman–Crippen MR) is 129 cm³/mol. The van der Waals surface area contributed by atoms with Crippen molar-refractivity contribution in [3.8, 4) is 10.4 Å². The Labute approximate surface area is 207 Å². The minimum Gasteiger partial charge on any atom is -0.387 e. The molecule has 0 spiro atoms. The van der Waals surface area contributed by atoms with Crippen LogP contribution >= 0.6 is 11.3 Å². The molecule has 0 radical (unpaired) electrons. The lowest BCUT2D eigenvalue weighted by Crippen LogP contribution is -2.43. The maximum atomic E-state index is 13.1. The van der Waals surface area contributed by atoms with E-state index in [1.165, 1.54) is 48.8 Å². The molecule has 3 aromatic rings. The van der Waals surface area contributed by atoms with E-state index in [-0.39, 0.29) is 23.8 Å². The third-order valence-corrected chi connectivity index (χ3v) is 6.24. The van der Waals surface area contributed by atoms with Crippen LogP contribution in [0.2, 0.25) is 0 Å². The monoisotopic (exact) mass is 519 g/mol. The zero-order chi connectivity index (χ0) is 26.7. The van der Waals surface area contributed by atoms with Crippen molar-refractivity contribution >= 4 is 34.7 Å². The molecule has 0 aliphatic rings. The van der Waals surface area contributed by atoms with E-state index in [0.717, 1.165) is 6.07 Å². The Balaban J connectivity index is 1.69. The van der Waals surface area contributed by atoms with Gasteiger partial charge in [0.25, 0.3) is 11.7 Å². The average Bonchev–Trinajstić information content (AvgIpc) is 3.32. The van der Waals surface area contributed by atoms with E-state index < -0.39 is 34.0 Å². The number of benzene rings is 1. The molecular formula is C24H21F4N5O2S. The van der Waals surface area contributed by atoms with Gasteiger partial charge in [-0.05, 0) is 42.5 Å². The van der Waals surface area contributed by atoms with Crippen LogP contribution in [0.1, 0.15) is 39.4 Å². The second-order valence-electron chi connectivity index (χ2n) is 8.37. The molecule has 7 nitrogen and oxygen atoms in total. The highest BCUT2D eigenvalue weighted by atomic mass is 32.1. The van der Waals surface area contributed by atoms with Gasteiger partial charge in [0.15, 0.2) is 5.84 Å². The number of aromatic nitrogens is 1. The highest BCUT2D eigenvalue weighted by Crippen LogP contribution is 2.32. The minimum absolute atomic E-state index is 0.0470. The third kappa shape index (κ3) is 6.39. The topological polar surface area (TPSA) is 121 Å². The van der Waals surface area contributed by atoms with Gasteiger partial charge < -0.3 is 11.1 Å². The molecule has 0 atom stereocenters. The predicted octanol–water partition coefficient (Wildman–Crippen LogP) is 4.83. The van der Waals surface area contributed by atoms with Crippen molar-refractivity contribution < 1.29 is 27.2 Å². The summed E-state index contributed by atoms with van der Waals surface area (Å²) in [5.74, 6) is -2.98. The van der Waals surface area contributed by atoms with Crippen molar-refractivity contribution in [1.29, 1.82) is 5.41 Å². The SMILES string of the molecule is CC(C)(CNC(=O)c1cncc(-c2ccc(C(=O)C(F)(F)F)s2)c1)C(N)=NC(=N)c1ccc(F)cc1.